The van der Waals surface area contributed by atoms with Gasteiger partial charge in [0.25, 0.3) is 0 Å². The summed E-state index contributed by atoms with van der Waals surface area (Å²) in [6.07, 6.45) is 10.8. The molecule has 0 spiro atoms. The molecule has 0 radical (unpaired) electrons. The largest absolute Gasteiger partial charge is 0.462 e. The summed E-state index contributed by atoms with van der Waals surface area (Å²) in [5, 5.41) is 16.1. The van der Waals surface area contributed by atoms with Crippen molar-refractivity contribution in [3.8, 4) is 0 Å². The van der Waals surface area contributed by atoms with E-state index in [4.69, 9.17) is 4.74 Å². The molecule has 1 N–H and O–H groups in total. The molecule has 1 aliphatic rings. The van der Waals surface area contributed by atoms with Crippen LogP contribution in [0.2, 0.25) is 0 Å². The Hall–Kier alpha value is -3.56. The Bertz CT molecular complexity index is 1580. The van der Waals surface area contributed by atoms with Crippen LogP contribution in [-0.4, -0.2) is 33.4 Å². The van der Waals surface area contributed by atoms with Crippen molar-refractivity contribution in [1.82, 2.24) is 5.06 Å². The molecule has 2 unspecified atom stereocenters. The van der Waals surface area contributed by atoms with E-state index in [1.165, 1.54) is 32.1 Å². The van der Waals surface area contributed by atoms with E-state index in [-0.39, 0.29) is 12.1 Å². The standard InChI is InChI=1S/C45H56NO3P/c1-6-35(37-28-30-42(31-29-37)50(40-23-15-10-16-24-40)41-25-17-11-18-26-41)32-38(36-20-13-9-14-21-36)22-12-7-8-19-27-43(47)49-39-33-44(2,3)46(48)45(4,5)34-39/h7,9-18,20-21,23-26,28-31,35,38-39,48H,6,8,19,22,27,32-34H2,1-5H3/b12-7+. The Morgan fingerprint density at radius 1 is 0.760 bits per heavy atom. The number of unbranched alkanes of at least 4 members (excludes halogenated alkanes) is 1. The summed E-state index contributed by atoms with van der Waals surface area (Å²) in [4.78, 5) is 12.7. The number of nitrogens with zero attached hydrogens (tertiary/aromatic N) is 1. The van der Waals surface area contributed by atoms with Crippen molar-refractivity contribution in [2.24, 2.45) is 0 Å². The first-order chi connectivity index (χ1) is 24.1. The summed E-state index contributed by atoms with van der Waals surface area (Å²) >= 11 is 0. The Morgan fingerprint density at radius 3 is 1.80 bits per heavy atom. The van der Waals surface area contributed by atoms with E-state index < -0.39 is 19.0 Å². The SMILES string of the molecule is CCC(CC(C/C=C/CCCC(=O)OC1CC(C)(C)N(O)C(C)(C)C1)c1ccccc1)c1ccc(P(c2ccccc2)c2ccccc2)cc1. The monoisotopic (exact) mass is 689 g/mol. The van der Waals surface area contributed by atoms with Crippen LogP contribution >= 0.6 is 7.92 Å². The fourth-order valence-corrected chi connectivity index (χ4v) is 10.0. The van der Waals surface area contributed by atoms with Gasteiger partial charge >= 0.3 is 5.97 Å². The number of benzene rings is 4. The predicted octanol–water partition coefficient (Wildman–Crippen LogP) is 10.2. The molecule has 5 heteroatoms. The van der Waals surface area contributed by atoms with E-state index in [0.29, 0.717) is 31.1 Å². The highest BCUT2D eigenvalue weighted by molar-refractivity contribution is 7.79. The summed E-state index contributed by atoms with van der Waals surface area (Å²) in [5.74, 6) is 0.738. The molecule has 50 heavy (non-hydrogen) atoms. The second-order valence-corrected chi connectivity index (χ2v) is 17.3. The number of hydrogen-bond acceptors (Lipinski definition) is 4. The van der Waals surface area contributed by atoms with Gasteiger partial charge < -0.3 is 9.94 Å². The zero-order valence-corrected chi connectivity index (χ0v) is 31.6. The van der Waals surface area contributed by atoms with Crippen LogP contribution in [0.1, 0.15) is 109 Å². The van der Waals surface area contributed by atoms with Crippen molar-refractivity contribution >= 4 is 29.8 Å². The molecule has 264 valence electrons. The summed E-state index contributed by atoms with van der Waals surface area (Å²) in [5.41, 5.74) is 1.93. The van der Waals surface area contributed by atoms with Crippen molar-refractivity contribution in [1.29, 1.82) is 0 Å². The van der Waals surface area contributed by atoms with E-state index in [1.807, 2.05) is 27.7 Å². The van der Waals surface area contributed by atoms with Crippen LogP contribution in [-0.2, 0) is 9.53 Å². The third-order valence-corrected chi connectivity index (χ3v) is 12.7. The molecule has 4 aromatic carbocycles. The molecule has 1 heterocycles. The molecule has 0 aliphatic carbocycles. The third kappa shape index (κ3) is 10.0. The van der Waals surface area contributed by atoms with E-state index in [1.54, 1.807) is 0 Å². The highest BCUT2D eigenvalue weighted by Crippen LogP contribution is 2.39. The Labute approximate surface area is 302 Å². The van der Waals surface area contributed by atoms with Gasteiger partial charge in [-0.1, -0.05) is 134 Å². The Balaban J connectivity index is 1.18. The second kappa shape index (κ2) is 17.6. The molecule has 1 saturated heterocycles. The van der Waals surface area contributed by atoms with E-state index >= 15 is 0 Å². The number of ether oxygens (including phenoxy) is 1. The number of allylic oxidation sites excluding steroid dienone is 2. The molecule has 4 nitrogen and oxygen atoms in total. The van der Waals surface area contributed by atoms with Gasteiger partial charge in [-0.15, -0.1) is 0 Å². The van der Waals surface area contributed by atoms with Crippen LogP contribution < -0.4 is 15.9 Å². The molecule has 1 fully saturated rings. The normalized spacial score (nSPS) is 17.5. The zero-order valence-electron chi connectivity index (χ0n) is 30.7. The van der Waals surface area contributed by atoms with Crippen LogP contribution in [0.5, 0.6) is 0 Å². The number of carbonyl (C=O) groups excluding carboxylic acids is 1. The highest BCUT2D eigenvalue weighted by Gasteiger charge is 2.46. The van der Waals surface area contributed by atoms with Crippen LogP contribution in [0.4, 0.5) is 0 Å². The Kier molecular flexibility index (Phi) is 13.3. The minimum absolute atomic E-state index is 0.138. The molecule has 4 aromatic rings. The molecule has 0 bridgehead atoms. The molecule has 0 aromatic heterocycles. The number of carbonyl (C=O) groups is 1. The molecule has 2 atom stereocenters. The van der Waals surface area contributed by atoms with Crippen LogP contribution in [0.3, 0.4) is 0 Å². The maximum absolute atomic E-state index is 12.7. The summed E-state index contributed by atoms with van der Waals surface area (Å²) < 4.78 is 5.88. The van der Waals surface area contributed by atoms with Crippen molar-refractivity contribution in [3.05, 3.63) is 139 Å². The minimum atomic E-state index is -0.616. The van der Waals surface area contributed by atoms with Gasteiger partial charge in [0.1, 0.15) is 6.10 Å². The summed E-state index contributed by atoms with van der Waals surface area (Å²) in [6, 6.07) is 42.2. The lowest BCUT2D eigenvalue weighted by Crippen LogP contribution is -2.60. The number of hydroxylamine groups is 2. The van der Waals surface area contributed by atoms with Crippen molar-refractivity contribution in [2.45, 2.75) is 115 Å². The third-order valence-electron chi connectivity index (χ3n) is 10.2. The average Bonchev–Trinajstić information content (AvgIpc) is 3.11. The van der Waals surface area contributed by atoms with Gasteiger partial charge in [-0.2, -0.15) is 5.06 Å². The van der Waals surface area contributed by atoms with E-state index in [2.05, 4.69) is 134 Å². The van der Waals surface area contributed by atoms with Crippen LogP contribution in [0, 0.1) is 0 Å². The van der Waals surface area contributed by atoms with Crippen molar-refractivity contribution in [3.63, 3.8) is 0 Å². The first-order valence-corrected chi connectivity index (χ1v) is 19.8. The van der Waals surface area contributed by atoms with Gasteiger partial charge in [0.15, 0.2) is 0 Å². The maximum Gasteiger partial charge on any atom is 0.306 e. The van der Waals surface area contributed by atoms with Gasteiger partial charge in [-0.05, 0) is 107 Å². The van der Waals surface area contributed by atoms with Gasteiger partial charge in [-0.3, -0.25) is 4.79 Å². The van der Waals surface area contributed by atoms with E-state index in [0.717, 1.165) is 32.1 Å². The molecular weight excluding hydrogens is 633 g/mol. The highest BCUT2D eigenvalue weighted by atomic mass is 31.1. The summed E-state index contributed by atoms with van der Waals surface area (Å²) in [7, 11) is -0.616. The quantitative estimate of drug-likeness (QED) is 0.0584. The fourth-order valence-electron chi connectivity index (χ4n) is 7.72. The molecule has 5 rings (SSSR count). The molecular formula is C45H56NO3P. The molecule has 0 saturated carbocycles. The van der Waals surface area contributed by atoms with Crippen molar-refractivity contribution < 1.29 is 14.7 Å². The van der Waals surface area contributed by atoms with Gasteiger partial charge in [0, 0.05) is 30.3 Å². The number of hydrogen-bond donors (Lipinski definition) is 1. The van der Waals surface area contributed by atoms with Gasteiger partial charge in [0.05, 0.1) is 0 Å². The van der Waals surface area contributed by atoms with Crippen LogP contribution in [0.25, 0.3) is 0 Å². The topological polar surface area (TPSA) is 49.8 Å². The lowest BCUT2D eigenvalue weighted by atomic mass is 9.80. The smallest absolute Gasteiger partial charge is 0.306 e. The zero-order chi connectivity index (χ0) is 35.6. The fraction of sp³-hybridized carbons (Fsp3) is 0.400. The molecule has 0 amide bonds. The average molecular weight is 690 g/mol. The predicted molar refractivity (Wildman–Crippen MR) is 210 cm³/mol. The van der Waals surface area contributed by atoms with Crippen LogP contribution in [0.15, 0.2) is 127 Å². The minimum Gasteiger partial charge on any atom is -0.462 e. The molecule has 1 aliphatic heterocycles. The Morgan fingerprint density at radius 2 is 1.26 bits per heavy atom. The number of piperidine rings is 1. The lowest BCUT2D eigenvalue weighted by Gasteiger charge is -2.50. The van der Waals surface area contributed by atoms with E-state index in [9.17, 15) is 10.0 Å². The van der Waals surface area contributed by atoms with Crippen molar-refractivity contribution in [2.75, 3.05) is 0 Å². The number of esters is 1. The summed E-state index contributed by atoms with van der Waals surface area (Å²) in [6.45, 7) is 10.3. The lowest BCUT2D eigenvalue weighted by molar-refractivity contribution is -0.259. The van der Waals surface area contributed by atoms with Gasteiger partial charge in [-0.25, -0.2) is 0 Å². The second-order valence-electron chi connectivity index (χ2n) is 15.1. The maximum atomic E-state index is 12.7. The first-order valence-electron chi connectivity index (χ1n) is 18.5. The first kappa shape index (κ1) is 37.7. The van der Waals surface area contributed by atoms with Gasteiger partial charge in [0.2, 0.25) is 0 Å². The number of rotatable bonds is 15.